The van der Waals surface area contributed by atoms with E-state index in [0.29, 0.717) is 17.1 Å². The second kappa shape index (κ2) is 15.3. The lowest BCUT2D eigenvalue weighted by atomic mass is 9.88. The van der Waals surface area contributed by atoms with Gasteiger partial charge in [-0.3, -0.25) is 14.4 Å². The van der Waals surface area contributed by atoms with Crippen molar-refractivity contribution < 1.29 is 33.4 Å². The summed E-state index contributed by atoms with van der Waals surface area (Å²) < 4.78 is 16.4. The van der Waals surface area contributed by atoms with Crippen LogP contribution in [0.2, 0.25) is 0 Å². The highest BCUT2D eigenvalue weighted by atomic mass is 16.6. The number of nitrogens with one attached hydrogen (secondary N) is 2. The predicted molar refractivity (Wildman–Crippen MR) is 169 cm³/mol. The molecule has 0 aromatic heterocycles. The van der Waals surface area contributed by atoms with E-state index in [2.05, 4.69) is 10.6 Å². The topological polar surface area (TPSA) is 123 Å². The van der Waals surface area contributed by atoms with Crippen LogP contribution in [0.3, 0.4) is 0 Å². The fraction of sp³-hybridized carbons (Fsp3) is 0.636. The Labute approximate surface area is 256 Å². The Balaban J connectivity index is 2.39. The minimum Gasteiger partial charge on any atom is -0.459 e. The number of amides is 1. The Morgan fingerprint density at radius 2 is 1.35 bits per heavy atom. The maximum absolute atomic E-state index is 13.0. The van der Waals surface area contributed by atoms with Gasteiger partial charge in [-0.2, -0.15) is 0 Å². The second-order valence-electron chi connectivity index (χ2n) is 13.9. The normalized spacial score (nSPS) is 14.6. The van der Waals surface area contributed by atoms with E-state index < -0.39 is 34.7 Å². The highest BCUT2D eigenvalue weighted by Crippen LogP contribution is 2.31. The summed E-state index contributed by atoms with van der Waals surface area (Å²) in [5.41, 5.74) is -0.394. The number of hydrogen-bond acceptors (Lipinski definition) is 9. The maximum Gasteiger partial charge on any atom is 0.331 e. The van der Waals surface area contributed by atoms with Crippen molar-refractivity contribution in [2.75, 3.05) is 35.2 Å². The van der Waals surface area contributed by atoms with Crippen LogP contribution in [0, 0.1) is 5.92 Å². The number of esters is 3. The van der Waals surface area contributed by atoms with E-state index in [0.717, 1.165) is 32.1 Å². The number of anilines is 3. The van der Waals surface area contributed by atoms with Crippen LogP contribution in [0.1, 0.15) is 94.4 Å². The van der Waals surface area contributed by atoms with Crippen LogP contribution in [0.5, 0.6) is 0 Å². The summed E-state index contributed by atoms with van der Waals surface area (Å²) in [5.74, 6) is -1.55. The van der Waals surface area contributed by atoms with E-state index in [9.17, 15) is 19.2 Å². The SMILES string of the molecule is CC(C)(C)OC(=O)C=CCNc1cc(NC(=O)C2CCCCC2)ccc1N(CC(=O)OC(C)(C)C)CC(=O)OC(C)(C)C. The largest absolute Gasteiger partial charge is 0.459 e. The second-order valence-corrected chi connectivity index (χ2v) is 13.9. The van der Waals surface area contributed by atoms with Gasteiger partial charge in [-0.05, 0) is 93.4 Å². The highest BCUT2D eigenvalue weighted by molar-refractivity contribution is 5.94. The van der Waals surface area contributed by atoms with E-state index >= 15 is 0 Å². The first kappa shape index (κ1) is 35.6. The van der Waals surface area contributed by atoms with E-state index in [1.807, 2.05) is 0 Å². The van der Waals surface area contributed by atoms with Gasteiger partial charge >= 0.3 is 17.9 Å². The summed E-state index contributed by atoms with van der Waals surface area (Å²) >= 11 is 0. The predicted octanol–water partition coefficient (Wildman–Crippen LogP) is 6.01. The molecule has 1 amide bonds. The fourth-order valence-corrected chi connectivity index (χ4v) is 4.59. The number of benzene rings is 1. The Kier molecular flexibility index (Phi) is 12.6. The molecule has 43 heavy (non-hydrogen) atoms. The van der Waals surface area contributed by atoms with Crippen molar-refractivity contribution in [1.29, 1.82) is 0 Å². The zero-order valence-corrected chi connectivity index (χ0v) is 27.4. The molecule has 0 heterocycles. The number of rotatable bonds is 11. The monoisotopic (exact) mass is 601 g/mol. The van der Waals surface area contributed by atoms with Crippen molar-refractivity contribution in [1.82, 2.24) is 0 Å². The molecule has 10 nitrogen and oxygen atoms in total. The number of hydrogen-bond donors (Lipinski definition) is 2. The minimum atomic E-state index is -0.713. The van der Waals surface area contributed by atoms with Crippen molar-refractivity contribution >= 4 is 40.9 Å². The summed E-state index contributed by atoms with van der Waals surface area (Å²) in [5, 5.41) is 6.28. The van der Waals surface area contributed by atoms with Gasteiger partial charge in [0.05, 0.1) is 11.4 Å². The average molecular weight is 602 g/mol. The third kappa shape index (κ3) is 14.4. The molecule has 1 aliphatic carbocycles. The highest BCUT2D eigenvalue weighted by Gasteiger charge is 2.26. The third-order valence-electron chi connectivity index (χ3n) is 6.13. The summed E-state index contributed by atoms with van der Waals surface area (Å²) in [6.45, 7) is 15.8. The van der Waals surface area contributed by atoms with Crippen molar-refractivity contribution in [2.24, 2.45) is 5.92 Å². The minimum absolute atomic E-state index is 0.0254. The van der Waals surface area contributed by atoms with Crippen LogP contribution < -0.4 is 15.5 Å². The lowest BCUT2D eigenvalue weighted by Crippen LogP contribution is -2.40. The van der Waals surface area contributed by atoms with Crippen LogP contribution in [0.25, 0.3) is 0 Å². The van der Waals surface area contributed by atoms with Crippen molar-refractivity contribution in [3.05, 3.63) is 30.4 Å². The van der Waals surface area contributed by atoms with Gasteiger partial charge in [-0.15, -0.1) is 0 Å². The third-order valence-corrected chi connectivity index (χ3v) is 6.13. The molecule has 240 valence electrons. The van der Waals surface area contributed by atoms with Crippen LogP contribution in [0.15, 0.2) is 30.4 Å². The van der Waals surface area contributed by atoms with Crippen LogP contribution in [-0.2, 0) is 33.4 Å². The number of carbonyl (C=O) groups excluding carboxylic acids is 4. The molecule has 1 aromatic carbocycles. The molecule has 2 rings (SSSR count). The quantitative estimate of drug-likeness (QED) is 0.178. The molecular weight excluding hydrogens is 550 g/mol. The standard InChI is InChI=1S/C33H51N3O7/c1-31(2,3)41-27(37)16-13-19-34-25-20-24(35-30(40)23-14-11-10-12-15-23)17-18-26(25)36(21-28(38)42-32(4,5)6)22-29(39)43-33(7,8)9/h13,16-18,20,23,34H,10-12,14-15,19,21-22H2,1-9H3,(H,35,40). The smallest absolute Gasteiger partial charge is 0.331 e. The van der Waals surface area contributed by atoms with E-state index in [-0.39, 0.29) is 31.5 Å². The molecule has 1 aromatic rings. The molecule has 0 unspecified atom stereocenters. The van der Waals surface area contributed by atoms with Crippen LogP contribution in [0.4, 0.5) is 17.1 Å². The summed E-state index contributed by atoms with van der Waals surface area (Å²) in [6, 6.07) is 5.24. The molecule has 0 saturated heterocycles. The van der Waals surface area contributed by atoms with Gasteiger partial charge in [-0.1, -0.05) is 25.3 Å². The summed E-state index contributed by atoms with van der Waals surface area (Å²) in [6.07, 6.45) is 7.92. The summed E-state index contributed by atoms with van der Waals surface area (Å²) in [4.78, 5) is 52.5. The number of carbonyl (C=O) groups is 4. The lowest BCUT2D eigenvalue weighted by molar-refractivity contribution is -0.154. The molecule has 1 saturated carbocycles. The number of nitrogens with zero attached hydrogens (tertiary/aromatic N) is 1. The number of ether oxygens (including phenoxy) is 3. The maximum atomic E-state index is 13.0. The first-order valence-electron chi connectivity index (χ1n) is 15.1. The summed E-state index contributed by atoms with van der Waals surface area (Å²) in [7, 11) is 0. The van der Waals surface area contributed by atoms with Gasteiger partial charge in [0.1, 0.15) is 29.9 Å². The molecule has 0 radical (unpaired) electrons. The van der Waals surface area contributed by atoms with Gasteiger partial charge in [-0.25, -0.2) is 4.79 Å². The molecule has 2 N–H and O–H groups in total. The van der Waals surface area contributed by atoms with Crippen LogP contribution >= 0.6 is 0 Å². The first-order chi connectivity index (χ1) is 19.8. The van der Waals surface area contributed by atoms with E-state index in [1.165, 1.54) is 6.08 Å². The Hall–Kier alpha value is -3.56. The Morgan fingerprint density at radius 1 is 0.814 bits per heavy atom. The van der Waals surface area contributed by atoms with Crippen molar-refractivity contribution in [3.63, 3.8) is 0 Å². The Bertz CT molecular complexity index is 1120. The lowest BCUT2D eigenvalue weighted by Gasteiger charge is -2.29. The molecule has 0 bridgehead atoms. The van der Waals surface area contributed by atoms with Gasteiger partial charge in [0, 0.05) is 24.2 Å². The molecule has 0 atom stereocenters. The first-order valence-corrected chi connectivity index (χ1v) is 15.1. The Morgan fingerprint density at radius 3 is 1.86 bits per heavy atom. The van der Waals surface area contributed by atoms with Crippen molar-refractivity contribution in [3.8, 4) is 0 Å². The molecular formula is C33H51N3O7. The molecule has 0 spiro atoms. The van der Waals surface area contributed by atoms with Crippen LogP contribution in [-0.4, -0.2) is 60.3 Å². The van der Waals surface area contributed by atoms with Gasteiger partial charge in [0.15, 0.2) is 0 Å². The average Bonchev–Trinajstić information content (AvgIpc) is 2.83. The fourth-order valence-electron chi connectivity index (χ4n) is 4.59. The molecule has 10 heteroatoms. The molecule has 1 fully saturated rings. The van der Waals surface area contributed by atoms with Gasteiger partial charge in [0.25, 0.3) is 0 Å². The zero-order valence-electron chi connectivity index (χ0n) is 27.4. The van der Waals surface area contributed by atoms with E-state index in [4.69, 9.17) is 14.2 Å². The van der Waals surface area contributed by atoms with E-state index in [1.54, 1.807) is 91.5 Å². The van der Waals surface area contributed by atoms with Crippen molar-refractivity contribution in [2.45, 2.75) is 111 Å². The molecule has 0 aliphatic heterocycles. The molecule has 1 aliphatic rings. The zero-order chi connectivity index (χ0) is 32.4. The van der Waals surface area contributed by atoms with Gasteiger partial charge in [0.2, 0.25) is 5.91 Å². The van der Waals surface area contributed by atoms with Gasteiger partial charge < -0.3 is 29.7 Å².